The van der Waals surface area contributed by atoms with Crippen LogP contribution in [0.15, 0.2) is 36.4 Å². The van der Waals surface area contributed by atoms with Gasteiger partial charge < -0.3 is 4.74 Å². The van der Waals surface area contributed by atoms with E-state index < -0.39 is 6.11 Å². The van der Waals surface area contributed by atoms with Crippen LogP contribution in [0.1, 0.15) is 58.7 Å². The smallest absolute Gasteiger partial charge is 0.427 e. The van der Waals surface area contributed by atoms with Crippen LogP contribution in [0, 0.1) is 34.6 Å². The SMILES string of the molecule is C/C=C/CCCc1cc(C)c(C(F)(F)Oc2cc(C)c(C)c(C)c2)c(C)c1. The molecule has 0 unspecified atom stereocenters. The number of unbranched alkanes of at least 4 members (excludes halogenated alkanes) is 1. The molecule has 146 valence electrons. The number of allylic oxidation sites excluding steroid dienone is 2. The summed E-state index contributed by atoms with van der Waals surface area (Å²) in [5.74, 6) is 0.204. The molecule has 2 aromatic carbocycles. The molecular formula is C24H30F2O. The number of halogens is 2. The van der Waals surface area contributed by atoms with Gasteiger partial charge in [0.1, 0.15) is 5.75 Å². The summed E-state index contributed by atoms with van der Waals surface area (Å²) in [6, 6.07) is 7.08. The minimum absolute atomic E-state index is 0.0319. The number of aryl methyl sites for hydroxylation is 5. The second kappa shape index (κ2) is 8.69. The molecule has 2 aromatic rings. The summed E-state index contributed by atoms with van der Waals surface area (Å²) >= 11 is 0. The summed E-state index contributed by atoms with van der Waals surface area (Å²) in [6.45, 7) is 11.3. The van der Waals surface area contributed by atoms with Gasteiger partial charge in [-0.05, 0) is 106 Å². The normalized spacial score (nSPS) is 12.0. The van der Waals surface area contributed by atoms with Gasteiger partial charge in [0, 0.05) is 0 Å². The molecule has 0 aromatic heterocycles. The Morgan fingerprint density at radius 1 is 0.889 bits per heavy atom. The monoisotopic (exact) mass is 372 g/mol. The minimum atomic E-state index is -3.37. The van der Waals surface area contributed by atoms with Crippen LogP contribution in [0.3, 0.4) is 0 Å². The van der Waals surface area contributed by atoms with E-state index in [1.807, 2.05) is 45.9 Å². The Labute approximate surface area is 162 Å². The molecule has 1 nitrogen and oxygen atoms in total. The molecule has 0 fully saturated rings. The maximum Gasteiger partial charge on any atom is 0.427 e. The highest BCUT2D eigenvalue weighted by atomic mass is 19.3. The average molecular weight is 372 g/mol. The van der Waals surface area contributed by atoms with Crippen molar-refractivity contribution in [2.45, 2.75) is 66.9 Å². The van der Waals surface area contributed by atoms with Gasteiger partial charge in [-0.25, -0.2) is 0 Å². The van der Waals surface area contributed by atoms with E-state index in [0.717, 1.165) is 41.5 Å². The number of benzene rings is 2. The van der Waals surface area contributed by atoms with Crippen molar-refractivity contribution in [3.05, 3.63) is 75.4 Å². The van der Waals surface area contributed by atoms with Crippen LogP contribution < -0.4 is 4.74 Å². The molecule has 27 heavy (non-hydrogen) atoms. The van der Waals surface area contributed by atoms with Gasteiger partial charge in [-0.2, -0.15) is 8.78 Å². The standard InChI is InChI=1S/C24H30F2O/c1-7-8-9-10-11-21-12-18(4)23(19(5)13-21)24(25,26)27-22-14-16(2)20(6)17(3)15-22/h7-8,12-15H,9-11H2,1-6H3/b8-7+. The molecule has 0 N–H and O–H groups in total. The van der Waals surface area contributed by atoms with Gasteiger partial charge in [0.05, 0.1) is 5.56 Å². The van der Waals surface area contributed by atoms with Gasteiger partial charge in [0.25, 0.3) is 0 Å². The van der Waals surface area contributed by atoms with Crippen LogP contribution in [-0.2, 0) is 12.5 Å². The largest absolute Gasteiger partial charge is 0.429 e. The summed E-state index contributed by atoms with van der Waals surface area (Å²) in [6.07, 6.45) is 3.69. The molecule has 0 atom stereocenters. The lowest BCUT2D eigenvalue weighted by Crippen LogP contribution is -2.24. The Bertz CT molecular complexity index is 788. The molecular weight excluding hydrogens is 342 g/mol. The first-order valence-electron chi connectivity index (χ1n) is 9.52. The van der Waals surface area contributed by atoms with E-state index in [4.69, 9.17) is 4.74 Å². The summed E-state index contributed by atoms with van der Waals surface area (Å²) in [4.78, 5) is 0. The zero-order valence-electron chi connectivity index (χ0n) is 17.2. The number of hydrogen-bond donors (Lipinski definition) is 0. The van der Waals surface area contributed by atoms with E-state index in [1.54, 1.807) is 26.0 Å². The third kappa shape index (κ3) is 5.18. The van der Waals surface area contributed by atoms with E-state index in [-0.39, 0.29) is 11.3 Å². The zero-order chi connectivity index (χ0) is 20.2. The lowest BCUT2D eigenvalue weighted by Gasteiger charge is -2.23. The third-order valence-corrected chi connectivity index (χ3v) is 5.10. The summed E-state index contributed by atoms with van der Waals surface area (Å²) in [5.41, 5.74) is 5.20. The van der Waals surface area contributed by atoms with Crippen molar-refractivity contribution >= 4 is 0 Å². The molecule has 0 bridgehead atoms. The number of alkyl halides is 2. The van der Waals surface area contributed by atoms with Crippen molar-refractivity contribution in [2.24, 2.45) is 0 Å². The van der Waals surface area contributed by atoms with Gasteiger partial charge in [-0.1, -0.05) is 24.3 Å². The highest BCUT2D eigenvalue weighted by molar-refractivity contribution is 5.43. The first-order valence-corrected chi connectivity index (χ1v) is 9.52. The molecule has 0 spiro atoms. The Morgan fingerprint density at radius 3 is 1.96 bits per heavy atom. The molecule has 0 heterocycles. The van der Waals surface area contributed by atoms with Gasteiger partial charge in [0.2, 0.25) is 0 Å². The Morgan fingerprint density at radius 2 is 1.44 bits per heavy atom. The second-order valence-electron chi connectivity index (χ2n) is 7.37. The number of ether oxygens (including phenoxy) is 1. The van der Waals surface area contributed by atoms with Crippen LogP contribution in [0.2, 0.25) is 0 Å². The van der Waals surface area contributed by atoms with E-state index >= 15 is 0 Å². The molecule has 0 aliphatic heterocycles. The molecule has 0 aliphatic rings. The molecule has 3 heteroatoms. The number of rotatable bonds is 7. The Balaban J connectivity index is 2.27. The predicted octanol–water partition coefficient (Wildman–Crippen LogP) is 7.26. The number of hydrogen-bond acceptors (Lipinski definition) is 1. The first kappa shape index (κ1) is 21.1. The lowest BCUT2D eigenvalue weighted by atomic mass is 9.96. The lowest BCUT2D eigenvalue weighted by molar-refractivity contribution is -0.186. The van der Waals surface area contributed by atoms with E-state index in [2.05, 4.69) is 6.08 Å². The minimum Gasteiger partial charge on any atom is -0.429 e. The zero-order valence-corrected chi connectivity index (χ0v) is 17.2. The van der Waals surface area contributed by atoms with E-state index in [0.29, 0.717) is 11.1 Å². The van der Waals surface area contributed by atoms with Crippen molar-refractivity contribution in [1.82, 2.24) is 0 Å². The fourth-order valence-electron chi connectivity index (χ4n) is 3.50. The molecule has 0 saturated carbocycles. The van der Waals surface area contributed by atoms with Crippen molar-refractivity contribution in [1.29, 1.82) is 0 Å². The second-order valence-corrected chi connectivity index (χ2v) is 7.37. The fourth-order valence-corrected chi connectivity index (χ4v) is 3.50. The Kier molecular flexibility index (Phi) is 6.80. The van der Waals surface area contributed by atoms with E-state index in [9.17, 15) is 8.78 Å². The Hall–Kier alpha value is -2.16. The highest BCUT2D eigenvalue weighted by Gasteiger charge is 2.38. The molecule has 2 rings (SSSR count). The van der Waals surface area contributed by atoms with Gasteiger partial charge in [-0.15, -0.1) is 0 Å². The highest BCUT2D eigenvalue weighted by Crippen LogP contribution is 2.37. The van der Waals surface area contributed by atoms with Crippen LogP contribution in [0.5, 0.6) is 5.75 Å². The van der Waals surface area contributed by atoms with Crippen molar-refractivity contribution < 1.29 is 13.5 Å². The molecule has 0 saturated heterocycles. The molecule has 0 aliphatic carbocycles. The molecule has 0 radical (unpaired) electrons. The van der Waals surface area contributed by atoms with Gasteiger partial charge in [0.15, 0.2) is 0 Å². The summed E-state index contributed by atoms with van der Waals surface area (Å²) in [5, 5.41) is 0. The topological polar surface area (TPSA) is 9.23 Å². The maximum atomic E-state index is 15.0. The van der Waals surface area contributed by atoms with Crippen molar-refractivity contribution in [3.63, 3.8) is 0 Å². The van der Waals surface area contributed by atoms with Gasteiger partial charge in [-0.3, -0.25) is 0 Å². The molecule has 0 amide bonds. The average Bonchev–Trinajstić information content (AvgIpc) is 2.55. The van der Waals surface area contributed by atoms with Gasteiger partial charge >= 0.3 is 6.11 Å². The van der Waals surface area contributed by atoms with Crippen molar-refractivity contribution in [2.75, 3.05) is 0 Å². The maximum absolute atomic E-state index is 15.0. The summed E-state index contributed by atoms with van der Waals surface area (Å²) in [7, 11) is 0. The first-order chi connectivity index (χ1) is 12.7. The van der Waals surface area contributed by atoms with Crippen LogP contribution in [0.25, 0.3) is 0 Å². The van der Waals surface area contributed by atoms with E-state index in [1.165, 1.54) is 0 Å². The van der Waals surface area contributed by atoms with Crippen molar-refractivity contribution in [3.8, 4) is 5.75 Å². The third-order valence-electron chi connectivity index (χ3n) is 5.10. The van der Waals surface area contributed by atoms with Crippen LogP contribution in [-0.4, -0.2) is 0 Å². The summed E-state index contributed by atoms with van der Waals surface area (Å²) < 4.78 is 35.1. The quantitative estimate of drug-likeness (QED) is 0.367. The van der Waals surface area contributed by atoms with Crippen LogP contribution in [0.4, 0.5) is 8.78 Å². The predicted molar refractivity (Wildman–Crippen MR) is 109 cm³/mol. The fraction of sp³-hybridized carbons (Fsp3) is 0.417. The van der Waals surface area contributed by atoms with Crippen LogP contribution >= 0.6 is 0 Å².